The standard InChI is InChI=1S/C22H17F2NO2/c1-14(17-12-11-16(23)13-20(17)24)25-22(27)19-10-6-5-9-18(19)21(26)15-7-3-2-4-8-15/h2-14H,1H3,(H,25,27). The number of ketones is 1. The first kappa shape index (κ1) is 18.5. The van der Waals surface area contributed by atoms with E-state index < -0.39 is 23.6 Å². The van der Waals surface area contributed by atoms with Crippen LogP contribution in [0.2, 0.25) is 0 Å². The highest BCUT2D eigenvalue weighted by molar-refractivity contribution is 6.15. The number of amides is 1. The predicted molar refractivity (Wildman–Crippen MR) is 98.6 cm³/mol. The molecule has 0 heterocycles. The molecule has 0 radical (unpaired) electrons. The summed E-state index contributed by atoms with van der Waals surface area (Å²) in [7, 11) is 0. The van der Waals surface area contributed by atoms with Crippen LogP contribution in [0.5, 0.6) is 0 Å². The summed E-state index contributed by atoms with van der Waals surface area (Å²) in [6.07, 6.45) is 0. The topological polar surface area (TPSA) is 46.2 Å². The van der Waals surface area contributed by atoms with Crippen LogP contribution < -0.4 is 5.32 Å². The maximum atomic E-state index is 13.9. The Hall–Kier alpha value is -3.34. The molecule has 1 unspecified atom stereocenters. The van der Waals surface area contributed by atoms with E-state index in [0.717, 1.165) is 12.1 Å². The highest BCUT2D eigenvalue weighted by Gasteiger charge is 2.20. The van der Waals surface area contributed by atoms with Crippen LogP contribution in [0.3, 0.4) is 0 Å². The van der Waals surface area contributed by atoms with Crippen molar-refractivity contribution in [2.24, 2.45) is 0 Å². The van der Waals surface area contributed by atoms with Gasteiger partial charge in [0.15, 0.2) is 5.78 Å². The van der Waals surface area contributed by atoms with E-state index in [4.69, 9.17) is 0 Å². The molecule has 27 heavy (non-hydrogen) atoms. The van der Waals surface area contributed by atoms with Crippen LogP contribution in [-0.2, 0) is 0 Å². The van der Waals surface area contributed by atoms with E-state index in [0.29, 0.717) is 5.56 Å². The maximum Gasteiger partial charge on any atom is 0.252 e. The van der Waals surface area contributed by atoms with Gasteiger partial charge in [0.2, 0.25) is 0 Å². The van der Waals surface area contributed by atoms with Crippen molar-refractivity contribution >= 4 is 11.7 Å². The molecule has 3 rings (SSSR count). The zero-order chi connectivity index (χ0) is 19.4. The Kier molecular flexibility index (Phi) is 5.41. The quantitative estimate of drug-likeness (QED) is 0.667. The Bertz CT molecular complexity index is 987. The van der Waals surface area contributed by atoms with Crippen molar-refractivity contribution in [1.82, 2.24) is 5.32 Å². The van der Waals surface area contributed by atoms with Gasteiger partial charge in [-0.25, -0.2) is 8.78 Å². The zero-order valence-electron chi connectivity index (χ0n) is 14.6. The van der Waals surface area contributed by atoms with Crippen molar-refractivity contribution in [1.29, 1.82) is 0 Å². The lowest BCUT2D eigenvalue weighted by molar-refractivity contribution is 0.0929. The molecule has 0 aromatic heterocycles. The van der Waals surface area contributed by atoms with Crippen molar-refractivity contribution in [3.05, 3.63) is 107 Å². The van der Waals surface area contributed by atoms with E-state index in [9.17, 15) is 18.4 Å². The molecule has 1 amide bonds. The van der Waals surface area contributed by atoms with Gasteiger partial charge in [0.1, 0.15) is 11.6 Å². The molecule has 5 heteroatoms. The normalized spacial score (nSPS) is 11.7. The fourth-order valence-electron chi connectivity index (χ4n) is 2.83. The number of rotatable bonds is 5. The van der Waals surface area contributed by atoms with Gasteiger partial charge in [-0.2, -0.15) is 0 Å². The van der Waals surface area contributed by atoms with Gasteiger partial charge in [-0.1, -0.05) is 54.6 Å². The van der Waals surface area contributed by atoms with Crippen molar-refractivity contribution in [3.8, 4) is 0 Å². The third-order valence-electron chi connectivity index (χ3n) is 4.23. The van der Waals surface area contributed by atoms with Gasteiger partial charge in [0, 0.05) is 22.8 Å². The van der Waals surface area contributed by atoms with Gasteiger partial charge in [-0.3, -0.25) is 9.59 Å². The molecular weight excluding hydrogens is 348 g/mol. The van der Waals surface area contributed by atoms with Crippen LogP contribution in [0.15, 0.2) is 72.8 Å². The Morgan fingerprint density at radius 2 is 1.48 bits per heavy atom. The molecular formula is C22H17F2NO2. The number of carbonyl (C=O) groups excluding carboxylic acids is 2. The smallest absolute Gasteiger partial charge is 0.252 e. The van der Waals surface area contributed by atoms with E-state index in [1.165, 1.54) is 6.07 Å². The van der Waals surface area contributed by atoms with Crippen molar-refractivity contribution in [3.63, 3.8) is 0 Å². The van der Waals surface area contributed by atoms with E-state index in [2.05, 4.69) is 5.32 Å². The molecule has 3 aromatic rings. The van der Waals surface area contributed by atoms with E-state index in [-0.39, 0.29) is 22.5 Å². The molecule has 0 bridgehead atoms. The third kappa shape index (κ3) is 4.08. The predicted octanol–water partition coefficient (Wildman–Crippen LogP) is 4.69. The lowest BCUT2D eigenvalue weighted by Crippen LogP contribution is -2.28. The fraction of sp³-hybridized carbons (Fsp3) is 0.0909. The summed E-state index contributed by atoms with van der Waals surface area (Å²) in [5.74, 6) is -2.21. The molecule has 1 atom stereocenters. The maximum absolute atomic E-state index is 13.9. The van der Waals surface area contributed by atoms with Crippen LogP contribution in [0.25, 0.3) is 0 Å². The minimum absolute atomic E-state index is 0.164. The molecule has 0 saturated heterocycles. The van der Waals surface area contributed by atoms with E-state index in [1.54, 1.807) is 61.5 Å². The second-order valence-electron chi connectivity index (χ2n) is 6.10. The Morgan fingerprint density at radius 1 is 0.852 bits per heavy atom. The molecule has 0 aliphatic rings. The molecule has 3 aromatic carbocycles. The summed E-state index contributed by atoms with van der Waals surface area (Å²) in [6, 6.07) is 17.6. The van der Waals surface area contributed by atoms with Crippen LogP contribution >= 0.6 is 0 Å². The molecule has 3 nitrogen and oxygen atoms in total. The summed E-state index contributed by atoms with van der Waals surface area (Å²) in [5.41, 5.74) is 1.08. The molecule has 0 spiro atoms. The van der Waals surface area contributed by atoms with Crippen molar-refractivity contribution in [2.75, 3.05) is 0 Å². The molecule has 0 fully saturated rings. The first-order valence-corrected chi connectivity index (χ1v) is 8.42. The first-order chi connectivity index (χ1) is 13.0. The van der Waals surface area contributed by atoms with Gasteiger partial charge in [-0.15, -0.1) is 0 Å². The van der Waals surface area contributed by atoms with E-state index in [1.807, 2.05) is 0 Å². The molecule has 136 valence electrons. The summed E-state index contributed by atoms with van der Waals surface area (Å²) < 4.78 is 27.0. The van der Waals surface area contributed by atoms with Crippen molar-refractivity contribution < 1.29 is 18.4 Å². The van der Waals surface area contributed by atoms with E-state index >= 15 is 0 Å². The molecule has 0 aliphatic carbocycles. The lowest BCUT2D eigenvalue weighted by atomic mass is 9.97. The average molecular weight is 365 g/mol. The SMILES string of the molecule is CC(NC(=O)c1ccccc1C(=O)c1ccccc1)c1ccc(F)cc1F. The van der Waals surface area contributed by atoms with Crippen LogP contribution in [0.1, 0.15) is 44.8 Å². The number of halogens is 2. The summed E-state index contributed by atoms with van der Waals surface area (Å²) >= 11 is 0. The zero-order valence-corrected chi connectivity index (χ0v) is 14.6. The largest absolute Gasteiger partial charge is 0.345 e. The van der Waals surface area contributed by atoms with Gasteiger partial charge in [-0.05, 0) is 19.1 Å². The fourth-order valence-corrected chi connectivity index (χ4v) is 2.83. The second kappa shape index (κ2) is 7.91. The van der Waals surface area contributed by atoms with Gasteiger partial charge in [0.25, 0.3) is 5.91 Å². The Balaban J connectivity index is 1.86. The minimum atomic E-state index is -0.739. The average Bonchev–Trinajstić information content (AvgIpc) is 2.68. The lowest BCUT2D eigenvalue weighted by Gasteiger charge is -2.16. The van der Waals surface area contributed by atoms with Crippen LogP contribution in [0, 0.1) is 11.6 Å². The first-order valence-electron chi connectivity index (χ1n) is 8.42. The number of benzene rings is 3. The second-order valence-corrected chi connectivity index (χ2v) is 6.10. The highest BCUT2D eigenvalue weighted by Crippen LogP contribution is 2.20. The molecule has 0 aliphatic heterocycles. The minimum Gasteiger partial charge on any atom is -0.345 e. The van der Waals surface area contributed by atoms with Gasteiger partial charge in [0.05, 0.1) is 11.6 Å². The molecule has 0 saturated carbocycles. The van der Waals surface area contributed by atoms with Gasteiger partial charge >= 0.3 is 0 Å². The van der Waals surface area contributed by atoms with Crippen molar-refractivity contribution in [2.45, 2.75) is 13.0 Å². The number of carbonyl (C=O) groups is 2. The Labute approximate surface area is 155 Å². The molecule has 1 N–H and O–H groups in total. The monoisotopic (exact) mass is 365 g/mol. The van der Waals surface area contributed by atoms with Gasteiger partial charge < -0.3 is 5.32 Å². The highest BCUT2D eigenvalue weighted by atomic mass is 19.1. The number of nitrogens with one attached hydrogen (secondary N) is 1. The number of hydrogen-bond acceptors (Lipinski definition) is 2. The number of hydrogen-bond donors (Lipinski definition) is 1. The van der Waals surface area contributed by atoms with Crippen LogP contribution in [0.4, 0.5) is 8.78 Å². The Morgan fingerprint density at radius 3 is 2.15 bits per heavy atom. The summed E-state index contributed by atoms with van der Waals surface area (Å²) in [6.45, 7) is 1.59. The van der Waals surface area contributed by atoms with Crippen LogP contribution in [-0.4, -0.2) is 11.7 Å². The third-order valence-corrected chi connectivity index (χ3v) is 4.23. The summed E-state index contributed by atoms with van der Waals surface area (Å²) in [4.78, 5) is 25.4. The summed E-state index contributed by atoms with van der Waals surface area (Å²) in [5, 5.41) is 2.67.